The van der Waals surface area contributed by atoms with Gasteiger partial charge >= 0.3 is 0 Å². The lowest BCUT2D eigenvalue weighted by atomic mass is 10.0. The zero-order chi connectivity index (χ0) is 21.8. The van der Waals surface area contributed by atoms with Crippen molar-refractivity contribution in [2.75, 3.05) is 13.7 Å². The van der Waals surface area contributed by atoms with Gasteiger partial charge in [0.15, 0.2) is 11.5 Å². The van der Waals surface area contributed by atoms with Gasteiger partial charge in [-0.1, -0.05) is 17.7 Å². The fourth-order valence-corrected chi connectivity index (χ4v) is 3.73. The first-order valence-corrected chi connectivity index (χ1v) is 10.4. The molecule has 2 aromatic carbocycles. The summed E-state index contributed by atoms with van der Waals surface area (Å²) in [6, 6.07) is 9.47. The SMILES string of the molecule is COc1cc2c(cc1OCCCCCC(=O)NO)C1=Nc3cc(Cl)ccc3CN1C=N2. The monoisotopic (exact) mass is 442 g/mol. The quantitative estimate of drug-likeness (QED) is 0.359. The Hall–Kier alpha value is -3.10. The van der Waals surface area contributed by atoms with Gasteiger partial charge in [0.1, 0.15) is 5.84 Å². The van der Waals surface area contributed by atoms with Crippen LogP contribution in [0.25, 0.3) is 0 Å². The summed E-state index contributed by atoms with van der Waals surface area (Å²) in [5, 5.41) is 9.17. The predicted octanol–water partition coefficient (Wildman–Crippen LogP) is 4.36. The van der Waals surface area contributed by atoms with Gasteiger partial charge < -0.3 is 14.4 Å². The van der Waals surface area contributed by atoms with Crippen molar-refractivity contribution in [3.63, 3.8) is 0 Å². The van der Waals surface area contributed by atoms with E-state index in [1.807, 2.05) is 35.2 Å². The van der Waals surface area contributed by atoms with Crippen LogP contribution in [0.3, 0.4) is 0 Å². The number of methoxy groups -OCH3 is 1. The summed E-state index contributed by atoms with van der Waals surface area (Å²) in [5.74, 6) is 1.63. The number of nitrogens with zero attached hydrogens (tertiary/aromatic N) is 3. The Balaban J connectivity index is 1.52. The number of rotatable bonds is 8. The van der Waals surface area contributed by atoms with Crippen LogP contribution in [0.1, 0.15) is 36.8 Å². The fourth-order valence-electron chi connectivity index (χ4n) is 3.56. The van der Waals surface area contributed by atoms with E-state index in [-0.39, 0.29) is 12.3 Å². The van der Waals surface area contributed by atoms with E-state index < -0.39 is 0 Å². The van der Waals surface area contributed by atoms with E-state index in [2.05, 4.69) is 4.99 Å². The Kier molecular flexibility index (Phi) is 6.39. The van der Waals surface area contributed by atoms with E-state index >= 15 is 0 Å². The molecule has 9 heteroatoms. The van der Waals surface area contributed by atoms with Crippen LogP contribution in [0.5, 0.6) is 11.5 Å². The number of amides is 1. The molecule has 1 amide bonds. The molecule has 0 fully saturated rings. The van der Waals surface area contributed by atoms with Crippen molar-refractivity contribution in [2.45, 2.75) is 32.2 Å². The van der Waals surface area contributed by atoms with Gasteiger partial charge in [-0.2, -0.15) is 0 Å². The third-order valence-corrected chi connectivity index (χ3v) is 5.41. The molecule has 2 aliphatic rings. The van der Waals surface area contributed by atoms with Gasteiger partial charge in [-0.15, -0.1) is 0 Å². The molecule has 162 valence electrons. The number of hydroxylamine groups is 1. The van der Waals surface area contributed by atoms with Gasteiger partial charge in [0, 0.05) is 23.1 Å². The molecule has 8 nitrogen and oxygen atoms in total. The lowest BCUT2D eigenvalue weighted by molar-refractivity contribution is -0.129. The lowest BCUT2D eigenvalue weighted by Crippen LogP contribution is -2.34. The highest BCUT2D eigenvalue weighted by molar-refractivity contribution is 6.31. The van der Waals surface area contributed by atoms with Crippen molar-refractivity contribution in [1.29, 1.82) is 0 Å². The predicted molar refractivity (Wildman–Crippen MR) is 118 cm³/mol. The van der Waals surface area contributed by atoms with E-state index in [1.165, 1.54) is 0 Å². The van der Waals surface area contributed by atoms with Crippen molar-refractivity contribution < 1.29 is 19.5 Å². The van der Waals surface area contributed by atoms with Crippen LogP contribution in [0.4, 0.5) is 11.4 Å². The van der Waals surface area contributed by atoms with Gasteiger partial charge in [0.2, 0.25) is 5.91 Å². The zero-order valence-electron chi connectivity index (χ0n) is 17.1. The van der Waals surface area contributed by atoms with Gasteiger partial charge in [-0.3, -0.25) is 10.0 Å². The maximum Gasteiger partial charge on any atom is 0.243 e. The first-order valence-electron chi connectivity index (χ1n) is 10.0. The van der Waals surface area contributed by atoms with Crippen molar-refractivity contribution in [2.24, 2.45) is 9.98 Å². The molecule has 0 atom stereocenters. The van der Waals surface area contributed by atoms with Crippen LogP contribution in [0.2, 0.25) is 5.02 Å². The minimum atomic E-state index is -0.376. The van der Waals surface area contributed by atoms with Crippen LogP contribution in [-0.4, -0.2) is 41.9 Å². The summed E-state index contributed by atoms with van der Waals surface area (Å²) in [7, 11) is 1.59. The second kappa shape index (κ2) is 9.36. The largest absolute Gasteiger partial charge is 0.493 e. The van der Waals surface area contributed by atoms with Gasteiger partial charge in [0.25, 0.3) is 0 Å². The van der Waals surface area contributed by atoms with Crippen molar-refractivity contribution in [3.8, 4) is 11.5 Å². The van der Waals surface area contributed by atoms with Crippen LogP contribution in [-0.2, 0) is 11.3 Å². The Bertz CT molecular complexity index is 1050. The minimum absolute atomic E-state index is 0.290. The molecule has 0 radical (unpaired) electrons. The lowest BCUT2D eigenvalue weighted by Gasteiger charge is -2.30. The second-order valence-corrected chi connectivity index (χ2v) is 7.73. The molecule has 31 heavy (non-hydrogen) atoms. The summed E-state index contributed by atoms with van der Waals surface area (Å²) >= 11 is 6.16. The Morgan fingerprint density at radius 2 is 2.06 bits per heavy atom. The topological polar surface area (TPSA) is 95.8 Å². The van der Waals surface area contributed by atoms with Gasteiger partial charge in [-0.05, 0) is 43.0 Å². The molecule has 4 rings (SSSR count). The third kappa shape index (κ3) is 4.65. The van der Waals surface area contributed by atoms with Crippen LogP contribution in [0, 0.1) is 0 Å². The number of benzene rings is 2. The van der Waals surface area contributed by atoms with Crippen LogP contribution < -0.4 is 15.0 Å². The Morgan fingerprint density at radius 1 is 1.19 bits per heavy atom. The highest BCUT2D eigenvalue weighted by Crippen LogP contribution is 2.40. The number of ether oxygens (including phenoxy) is 2. The van der Waals surface area contributed by atoms with Gasteiger partial charge in [0.05, 0.1) is 38.0 Å². The van der Waals surface area contributed by atoms with E-state index in [0.717, 1.165) is 41.2 Å². The summed E-state index contributed by atoms with van der Waals surface area (Å²) in [6.07, 6.45) is 4.33. The average molecular weight is 443 g/mol. The number of fused-ring (bicyclic) bond motifs is 4. The molecule has 0 aromatic heterocycles. The highest BCUT2D eigenvalue weighted by atomic mass is 35.5. The number of hydrogen-bond acceptors (Lipinski definition) is 7. The van der Waals surface area contributed by atoms with Crippen LogP contribution >= 0.6 is 11.6 Å². The van der Waals surface area contributed by atoms with Crippen molar-refractivity contribution in [1.82, 2.24) is 10.4 Å². The molecule has 2 aromatic rings. The van der Waals surface area contributed by atoms with E-state index in [4.69, 9.17) is 31.3 Å². The maximum absolute atomic E-state index is 11.1. The average Bonchev–Trinajstić information content (AvgIpc) is 2.79. The molecule has 0 spiro atoms. The molecule has 0 saturated heterocycles. The summed E-state index contributed by atoms with van der Waals surface area (Å²) in [4.78, 5) is 22.4. The van der Waals surface area contributed by atoms with Crippen molar-refractivity contribution in [3.05, 3.63) is 46.5 Å². The summed E-state index contributed by atoms with van der Waals surface area (Å²) in [5.41, 5.74) is 5.20. The maximum atomic E-state index is 11.1. The number of unbranched alkanes of at least 4 members (excludes halogenated alkanes) is 2. The van der Waals surface area contributed by atoms with E-state index in [1.54, 1.807) is 18.9 Å². The minimum Gasteiger partial charge on any atom is -0.493 e. The van der Waals surface area contributed by atoms with Crippen molar-refractivity contribution >= 4 is 41.1 Å². The molecule has 0 aliphatic carbocycles. The highest BCUT2D eigenvalue weighted by Gasteiger charge is 2.27. The molecular formula is C22H23ClN4O4. The number of carbonyl (C=O) groups is 1. The smallest absolute Gasteiger partial charge is 0.243 e. The van der Waals surface area contributed by atoms with Gasteiger partial charge in [-0.25, -0.2) is 15.5 Å². The Morgan fingerprint density at radius 3 is 2.87 bits per heavy atom. The fraction of sp³-hybridized carbons (Fsp3) is 0.318. The van der Waals surface area contributed by atoms with E-state index in [0.29, 0.717) is 36.1 Å². The molecule has 0 bridgehead atoms. The number of nitrogens with one attached hydrogen (secondary N) is 1. The summed E-state index contributed by atoms with van der Waals surface area (Å²) < 4.78 is 11.5. The number of carbonyl (C=O) groups excluding carboxylic acids is 1. The summed E-state index contributed by atoms with van der Waals surface area (Å²) in [6.45, 7) is 1.14. The second-order valence-electron chi connectivity index (χ2n) is 7.30. The first-order chi connectivity index (χ1) is 15.1. The number of aliphatic imine (C=N–C) groups is 2. The molecule has 0 saturated carbocycles. The zero-order valence-corrected chi connectivity index (χ0v) is 17.9. The molecule has 2 heterocycles. The molecule has 0 unspecified atom stereocenters. The molecular weight excluding hydrogens is 420 g/mol. The molecule has 2 aliphatic heterocycles. The number of amidine groups is 1. The third-order valence-electron chi connectivity index (χ3n) is 5.18. The molecule has 2 N–H and O–H groups in total. The number of halogens is 1. The number of hydrogen-bond donors (Lipinski definition) is 2. The standard InChI is InChI=1S/C22H23ClN4O4/c1-30-19-11-18-16(10-20(19)31-8-4-2-3-5-21(28)26-29)22-25-17-9-15(23)7-6-14(17)12-27(22)13-24-18/h6-7,9-11,13,29H,2-5,8,12H2,1H3,(H,26,28). The first kappa shape index (κ1) is 21.1. The van der Waals surface area contributed by atoms with Crippen LogP contribution in [0.15, 0.2) is 40.3 Å². The normalized spacial score (nSPS) is 13.6. The van der Waals surface area contributed by atoms with E-state index in [9.17, 15) is 4.79 Å². The Labute approximate surface area is 185 Å².